The van der Waals surface area contributed by atoms with E-state index in [0.717, 1.165) is 4.68 Å². The van der Waals surface area contributed by atoms with Gasteiger partial charge in [0.05, 0.1) is 41.7 Å². The average Bonchev–Trinajstić information content (AvgIpc) is 3.65. The number of nitrogens with zero attached hydrogens (tertiary/aromatic N) is 7. The molecule has 1 atom stereocenters. The number of anilines is 2. The van der Waals surface area contributed by atoms with Gasteiger partial charge in [0.15, 0.2) is 5.54 Å². The molecule has 4 aromatic rings. The number of fused-ring (bicyclic) bond motifs is 1. The highest BCUT2D eigenvalue weighted by molar-refractivity contribution is 5.99. The number of ether oxygens (including phenoxy) is 1. The van der Waals surface area contributed by atoms with Crippen molar-refractivity contribution in [1.82, 2.24) is 25.0 Å². The molecule has 0 spiro atoms. The standard InChI is InChI=1S/C29H28F3N9O/c1-27(2,3)16-37-25-19(12-34)14-36-24-18(11-33)9-20(10-21(24)25)38-26(17-5-6-23(42-4)35-13-17)22-15-41(40-39-22)28(7-8-28)29(30,31)32/h5-6,9-10,13-15,26,38H,7-8,16H2,1-4H3,(H,36,37). The normalized spacial score (nSPS) is 15.0. The second kappa shape index (κ2) is 10.5. The van der Waals surface area contributed by atoms with Gasteiger partial charge in [0.2, 0.25) is 5.88 Å². The molecule has 216 valence electrons. The lowest BCUT2D eigenvalue weighted by Crippen LogP contribution is -2.35. The zero-order chi connectivity index (χ0) is 30.3. The van der Waals surface area contributed by atoms with E-state index in [4.69, 9.17) is 4.74 Å². The summed E-state index contributed by atoms with van der Waals surface area (Å²) in [6.07, 6.45) is -0.360. The molecule has 3 aromatic heterocycles. The van der Waals surface area contributed by atoms with E-state index in [1.165, 1.54) is 25.7 Å². The van der Waals surface area contributed by atoms with Crippen LogP contribution in [0.25, 0.3) is 10.9 Å². The van der Waals surface area contributed by atoms with Gasteiger partial charge in [-0.15, -0.1) is 5.10 Å². The Bertz CT molecular complexity index is 1710. The number of hydrogen-bond donors (Lipinski definition) is 2. The minimum absolute atomic E-state index is 0.0732. The summed E-state index contributed by atoms with van der Waals surface area (Å²) in [5.41, 5.74) is 0.604. The fraction of sp³-hybridized carbons (Fsp3) is 0.379. The average molecular weight is 576 g/mol. The van der Waals surface area contributed by atoms with E-state index in [-0.39, 0.29) is 29.5 Å². The second-order valence-corrected chi connectivity index (χ2v) is 11.4. The van der Waals surface area contributed by atoms with Gasteiger partial charge in [-0.05, 0) is 42.0 Å². The Morgan fingerprint density at radius 1 is 1.07 bits per heavy atom. The third-order valence-electron chi connectivity index (χ3n) is 7.12. The molecular weight excluding hydrogens is 547 g/mol. The van der Waals surface area contributed by atoms with Crippen LogP contribution in [0, 0.1) is 28.1 Å². The monoisotopic (exact) mass is 575 g/mol. The van der Waals surface area contributed by atoms with E-state index in [1.807, 2.05) is 20.8 Å². The predicted octanol–water partition coefficient (Wildman–Crippen LogP) is 5.68. The highest BCUT2D eigenvalue weighted by Crippen LogP contribution is 2.55. The van der Waals surface area contributed by atoms with Crippen molar-refractivity contribution in [3.63, 3.8) is 0 Å². The fourth-order valence-electron chi connectivity index (χ4n) is 4.66. The van der Waals surface area contributed by atoms with Crippen LogP contribution in [-0.4, -0.2) is 44.8 Å². The quantitative estimate of drug-likeness (QED) is 0.272. The number of pyridine rings is 2. The van der Waals surface area contributed by atoms with Crippen LogP contribution in [0.5, 0.6) is 5.88 Å². The minimum atomic E-state index is -4.47. The zero-order valence-corrected chi connectivity index (χ0v) is 23.4. The van der Waals surface area contributed by atoms with Crippen LogP contribution in [0.2, 0.25) is 0 Å². The van der Waals surface area contributed by atoms with Crippen LogP contribution in [-0.2, 0) is 5.54 Å². The predicted molar refractivity (Wildman–Crippen MR) is 149 cm³/mol. The smallest absolute Gasteiger partial charge is 0.413 e. The third-order valence-corrected chi connectivity index (χ3v) is 7.12. The van der Waals surface area contributed by atoms with E-state index in [2.05, 4.69) is 43.1 Å². The van der Waals surface area contributed by atoms with Gasteiger partial charge in [-0.25, -0.2) is 9.67 Å². The molecule has 3 heterocycles. The highest BCUT2D eigenvalue weighted by atomic mass is 19.4. The van der Waals surface area contributed by atoms with Crippen LogP contribution in [0.3, 0.4) is 0 Å². The Hall–Kier alpha value is -4.91. The molecular formula is C29H28F3N9O. The molecule has 42 heavy (non-hydrogen) atoms. The molecule has 1 fully saturated rings. The van der Waals surface area contributed by atoms with Gasteiger partial charge in [-0.2, -0.15) is 23.7 Å². The van der Waals surface area contributed by atoms with Crippen LogP contribution < -0.4 is 15.4 Å². The number of nitrogens with one attached hydrogen (secondary N) is 2. The number of alkyl halides is 3. The van der Waals surface area contributed by atoms with Gasteiger partial charge < -0.3 is 15.4 Å². The number of halogens is 3. The van der Waals surface area contributed by atoms with Crippen LogP contribution in [0.4, 0.5) is 24.5 Å². The first-order chi connectivity index (χ1) is 19.9. The van der Waals surface area contributed by atoms with Crippen molar-refractivity contribution in [1.29, 1.82) is 10.5 Å². The van der Waals surface area contributed by atoms with E-state index < -0.39 is 17.8 Å². The van der Waals surface area contributed by atoms with Gasteiger partial charge in [-0.1, -0.05) is 26.0 Å². The molecule has 2 N–H and O–H groups in total. The topological polar surface area (TPSA) is 137 Å². The summed E-state index contributed by atoms with van der Waals surface area (Å²) < 4.78 is 47.5. The molecule has 5 rings (SSSR count). The number of rotatable bonds is 8. The summed E-state index contributed by atoms with van der Waals surface area (Å²) in [6, 6.07) is 10.2. The Labute approximate surface area is 240 Å². The number of aromatic nitrogens is 5. The van der Waals surface area contributed by atoms with E-state index in [0.29, 0.717) is 45.8 Å². The van der Waals surface area contributed by atoms with Crippen molar-refractivity contribution in [2.45, 2.75) is 51.4 Å². The largest absolute Gasteiger partial charge is 0.481 e. The lowest BCUT2D eigenvalue weighted by Gasteiger charge is -2.22. The highest BCUT2D eigenvalue weighted by Gasteiger charge is 2.66. The van der Waals surface area contributed by atoms with E-state index in [1.54, 1.807) is 24.3 Å². The van der Waals surface area contributed by atoms with Gasteiger partial charge in [0.1, 0.15) is 17.8 Å². The van der Waals surface area contributed by atoms with Crippen molar-refractivity contribution >= 4 is 22.3 Å². The fourth-order valence-corrected chi connectivity index (χ4v) is 4.66. The Morgan fingerprint density at radius 3 is 2.38 bits per heavy atom. The van der Waals surface area contributed by atoms with Crippen molar-refractivity contribution in [2.24, 2.45) is 5.41 Å². The first kappa shape index (κ1) is 28.6. The van der Waals surface area contributed by atoms with Gasteiger partial charge in [0.25, 0.3) is 0 Å². The maximum Gasteiger partial charge on any atom is 0.413 e. The maximum atomic E-state index is 13.8. The summed E-state index contributed by atoms with van der Waals surface area (Å²) in [5.74, 6) is 0.359. The van der Waals surface area contributed by atoms with Crippen molar-refractivity contribution < 1.29 is 17.9 Å². The Kier molecular flexibility index (Phi) is 7.15. The van der Waals surface area contributed by atoms with Gasteiger partial charge >= 0.3 is 6.18 Å². The SMILES string of the molecule is COc1ccc(C(Nc2cc(C#N)c3ncc(C#N)c(NCC(C)(C)C)c3c2)c2cn(C3(C(F)(F)F)CC3)nn2)cn1. The summed E-state index contributed by atoms with van der Waals surface area (Å²) in [5, 5.41) is 34.9. The molecule has 1 aromatic carbocycles. The molecule has 0 bridgehead atoms. The van der Waals surface area contributed by atoms with Crippen LogP contribution >= 0.6 is 0 Å². The molecule has 1 aliphatic rings. The molecule has 1 unspecified atom stereocenters. The molecule has 10 nitrogen and oxygen atoms in total. The summed E-state index contributed by atoms with van der Waals surface area (Å²) in [7, 11) is 1.48. The number of benzene rings is 1. The summed E-state index contributed by atoms with van der Waals surface area (Å²) in [4.78, 5) is 8.63. The minimum Gasteiger partial charge on any atom is -0.481 e. The van der Waals surface area contributed by atoms with Crippen molar-refractivity contribution in [2.75, 3.05) is 24.3 Å². The molecule has 0 radical (unpaired) electrons. The molecule has 0 aliphatic heterocycles. The molecule has 0 amide bonds. The lowest BCUT2D eigenvalue weighted by atomic mass is 9.96. The number of hydrogen-bond acceptors (Lipinski definition) is 9. The summed E-state index contributed by atoms with van der Waals surface area (Å²) in [6.45, 7) is 6.70. The van der Waals surface area contributed by atoms with Crippen molar-refractivity contribution in [3.05, 3.63) is 65.2 Å². The zero-order valence-electron chi connectivity index (χ0n) is 23.4. The summed E-state index contributed by atoms with van der Waals surface area (Å²) >= 11 is 0. The molecule has 1 saturated carbocycles. The van der Waals surface area contributed by atoms with E-state index >= 15 is 0 Å². The molecule has 1 aliphatic carbocycles. The first-order valence-electron chi connectivity index (χ1n) is 13.2. The maximum absolute atomic E-state index is 13.8. The van der Waals surface area contributed by atoms with Gasteiger partial charge in [0, 0.05) is 36.1 Å². The van der Waals surface area contributed by atoms with Crippen molar-refractivity contribution in [3.8, 4) is 18.0 Å². The van der Waals surface area contributed by atoms with Crippen LogP contribution in [0.1, 0.15) is 62.0 Å². The first-order valence-corrected chi connectivity index (χ1v) is 13.2. The Balaban J connectivity index is 1.61. The molecule has 0 saturated heterocycles. The van der Waals surface area contributed by atoms with E-state index in [9.17, 15) is 23.7 Å². The molecule has 13 heteroatoms. The second-order valence-electron chi connectivity index (χ2n) is 11.4. The van der Waals surface area contributed by atoms with Crippen LogP contribution in [0.15, 0.2) is 42.9 Å². The lowest BCUT2D eigenvalue weighted by molar-refractivity contribution is -0.182. The number of nitriles is 2. The number of methoxy groups -OCH3 is 1. The van der Waals surface area contributed by atoms with Gasteiger partial charge in [-0.3, -0.25) is 4.98 Å². The Morgan fingerprint density at radius 2 is 1.81 bits per heavy atom. The third kappa shape index (κ3) is 5.38.